The van der Waals surface area contributed by atoms with Crippen molar-refractivity contribution in [2.45, 2.75) is 32.4 Å². The van der Waals surface area contributed by atoms with Crippen molar-refractivity contribution in [1.82, 2.24) is 10.2 Å². The molecule has 0 aliphatic carbocycles. The number of aryl methyl sites for hydroxylation is 1. The second-order valence-electron chi connectivity index (χ2n) is 5.31. The standard InChI is InChI=1S/C15H21FN2O2/c1-11-7-12(4-5-14(11)16)8-17-15(20)9-18-6-2-3-13(18)10-19/h4-5,7,13,19H,2-3,6,8-10H2,1H3,(H,17,20)/t13-/m1/s1. The van der Waals surface area contributed by atoms with Gasteiger partial charge in [-0.05, 0) is 43.5 Å². The van der Waals surface area contributed by atoms with Crippen LogP contribution >= 0.6 is 0 Å². The summed E-state index contributed by atoms with van der Waals surface area (Å²) < 4.78 is 13.1. The van der Waals surface area contributed by atoms with Gasteiger partial charge in [0.2, 0.25) is 5.91 Å². The number of hydrogen-bond acceptors (Lipinski definition) is 3. The summed E-state index contributed by atoms with van der Waals surface area (Å²) in [4.78, 5) is 13.9. The fourth-order valence-corrected chi connectivity index (χ4v) is 2.57. The van der Waals surface area contributed by atoms with Gasteiger partial charge < -0.3 is 10.4 Å². The molecule has 1 fully saturated rings. The number of hydrogen-bond donors (Lipinski definition) is 2. The van der Waals surface area contributed by atoms with Gasteiger partial charge in [0, 0.05) is 12.6 Å². The summed E-state index contributed by atoms with van der Waals surface area (Å²) in [6.45, 7) is 3.37. The molecule has 2 N–H and O–H groups in total. The molecule has 1 atom stereocenters. The molecule has 0 bridgehead atoms. The van der Waals surface area contributed by atoms with Crippen molar-refractivity contribution in [1.29, 1.82) is 0 Å². The number of carbonyl (C=O) groups is 1. The highest BCUT2D eigenvalue weighted by molar-refractivity contribution is 5.78. The number of carbonyl (C=O) groups excluding carboxylic acids is 1. The van der Waals surface area contributed by atoms with Gasteiger partial charge in [0.1, 0.15) is 5.82 Å². The predicted octanol–water partition coefficient (Wildman–Crippen LogP) is 1.21. The smallest absolute Gasteiger partial charge is 0.234 e. The average molecular weight is 280 g/mol. The van der Waals surface area contributed by atoms with Crippen molar-refractivity contribution in [3.05, 3.63) is 35.1 Å². The van der Waals surface area contributed by atoms with Crippen molar-refractivity contribution >= 4 is 5.91 Å². The molecule has 20 heavy (non-hydrogen) atoms. The van der Waals surface area contributed by atoms with Gasteiger partial charge >= 0.3 is 0 Å². The number of likely N-dealkylation sites (tertiary alicyclic amines) is 1. The molecule has 5 heteroatoms. The molecular weight excluding hydrogens is 259 g/mol. The van der Waals surface area contributed by atoms with Gasteiger partial charge in [0.05, 0.1) is 13.2 Å². The van der Waals surface area contributed by atoms with Crippen LogP contribution in [0.2, 0.25) is 0 Å². The van der Waals surface area contributed by atoms with Gasteiger partial charge in [-0.2, -0.15) is 0 Å². The first-order chi connectivity index (χ1) is 9.60. The maximum atomic E-state index is 13.1. The van der Waals surface area contributed by atoms with Crippen LogP contribution in [-0.2, 0) is 11.3 Å². The van der Waals surface area contributed by atoms with E-state index in [1.54, 1.807) is 19.1 Å². The molecule has 1 aromatic rings. The SMILES string of the molecule is Cc1cc(CNC(=O)CN2CCC[C@@H]2CO)ccc1F. The normalized spacial score (nSPS) is 19.2. The fourth-order valence-electron chi connectivity index (χ4n) is 2.57. The van der Waals surface area contributed by atoms with E-state index in [4.69, 9.17) is 0 Å². The van der Waals surface area contributed by atoms with Gasteiger partial charge in [-0.15, -0.1) is 0 Å². The zero-order valence-corrected chi connectivity index (χ0v) is 11.7. The van der Waals surface area contributed by atoms with E-state index < -0.39 is 0 Å². The molecule has 1 heterocycles. The molecule has 1 aromatic carbocycles. The van der Waals surface area contributed by atoms with E-state index in [-0.39, 0.29) is 24.4 Å². The Kier molecular flexibility index (Phi) is 5.09. The molecular formula is C15H21FN2O2. The highest BCUT2D eigenvalue weighted by Crippen LogP contribution is 2.15. The summed E-state index contributed by atoms with van der Waals surface area (Å²) >= 11 is 0. The number of nitrogens with one attached hydrogen (secondary N) is 1. The molecule has 1 aliphatic rings. The molecule has 1 amide bonds. The third kappa shape index (κ3) is 3.77. The Labute approximate surface area is 118 Å². The molecule has 0 saturated carbocycles. The number of halogens is 1. The third-order valence-electron chi connectivity index (χ3n) is 3.77. The maximum Gasteiger partial charge on any atom is 0.234 e. The minimum absolute atomic E-state index is 0.0627. The highest BCUT2D eigenvalue weighted by Gasteiger charge is 2.25. The van der Waals surface area contributed by atoms with Gasteiger partial charge in [-0.3, -0.25) is 9.69 Å². The molecule has 1 saturated heterocycles. The van der Waals surface area contributed by atoms with Gasteiger partial charge in [0.15, 0.2) is 0 Å². The van der Waals surface area contributed by atoms with E-state index in [9.17, 15) is 14.3 Å². The topological polar surface area (TPSA) is 52.6 Å². The Balaban J connectivity index is 1.81. The van der Waals surface area contributed by atoms with Crippen LogP contribution in [0.1, 0.15) is 24.0 Å². The predicted molar refractivity (Wildman–Crippen MR) is 74.7 cm³/mol. The Bertz CT molecular complexity index is 479. The second-order valence-corrected chi connectivity index (χ2v) is 5.31. The van der Waals surface area contributed by atoms with Crippen LogP contribution in [0.4, 0.5) is 4.39 Å². The Hall–Kier alpha value is -1.46. The largest absolute Gasteiger partial charge is 0.395 e. The molecule has 2 rings (SSSR count). The van der Waals surface area contributed by atoms with E-state index in [1.807, 2.05) is 4.90 Å². The van der Waals surface area contributed by atoms with Crippen molar-refractivity contribution in [2.75, 3.05) is 19.7 Å². The molecule has 0 unspecified atom stereocenters. The molecule has 110 valence electrons. The van der Waals surface area contributed by atoms with E-state index in [0.717, 1.165) is 24.9 Å². The first kappa shape index (κ1) is 14.9. The quantitative estimate of drug-likeness (QED) is 0.852. The number of aliphatic hydroxyl groups is 1. The van der Waals surface area contributed by atoms with Gasteiger partial charge in [-0.25, -0.2) is 4.39 Å². The molecule has 0 radical (unpaired) electrons. The van der Waals surface area contributed by atoms with Gasteiger partial charge in [-0.1, -0.05) is 12.1 Å². The molecule has 1 aliphatic heterocycles. The van der Waals surface area contributed by atoms with Crippen LogP contribution in [0.5, 0.6) is 0 Å². The van der Waals surface area contributed by atoms with E-state index in [1.165, 1.54) is 6.07 Å². The lowest BCUT2D eigenvalue weighted by Crippen LogP contribution is -2.40. The summed E-state index contributed by atoms with van der Waals surface area (Å²) in [5.41, 5.74) is 1.47. The zero-order valence-electron chi connectivity index (χ0n) is 11.7. The van der Waals surface area contributed by atoms with Crippen LogP contribution in [-0.4, -0.2) is 41.7 Å². The Morgan fingerprint density at radius 2 is 2.35 bits per heavy atom. The molecule has 0 spiro atoms. The highest BCUT2D eigenvalue weighted by atomic mass is 19.1. The van der Waals surface area contributed by atoms with Crippen molar-refractivity contribution in [3.8, 4) is 0 Å². The second kappa shape index (κ2) is 6.81. The van der Waals surface area contributed by atoms with Crippen LogP contribution in [0.3, 0.4) is 0 Å². The Morgan fingerprint density at radius 3 is 3.05 bits per heavy atom. The van der Waals surface area contributed by atoms with Gasteiger partial charge in [0.25, 0.3) is 0 Å². The average Bonchev–Trinajstić information content (AvgIpc) is 2.87. The van der Waals surface area contributed by atoms with Crippen LogP contribution in [0, 0.1) is 12.7 Å². The number of benzene rings is 1. The lowest BCUT2D eigenvalue weighted by molar-refractivity contribution is -0.122. The summed E-state index contributed by atoms with van der Waals surface area (Å²) in [5.74, 6) is -0.296. The monoisotopic (exact) mass is 280 g/mol. The van der Waals surface area contributed by atoms with Crippen molar-refractivity contribution in [2.24, 2.45) is 0 Å². The van der Waals surface area contributed by atoms with Crippen LogP contribution in [0.15, 0.2) is 18.2 Å². The lowest BCUT2D eigenvalue weighted by atomic mass is 10.1. The fraction of sp³-hybridized carbons (Fsp3) is 0.533. The van der Waals surface area contributed by atoms with E-state index >= 15 is 0 Å². The number of nitrogens with zero attached hydrogens (tertiary/aromatic N) is 1. The zero-order chi connectivity index (χ0) is 14.5. The molecule has 4 nitrogen and oxygen atoms in total. The number of amides is 1. The van der Waals surface area contributed by atoms with Crippen molar-refractivity contribution < 1.29 is 14.3 Å². The third-order valence-corrected chi connectivity index (χ3v) is 3.77. The summed E-state index contributed by atoms with van der Waals surface area (Å²) in [5, 5.41) is 12.0. The number of rotatable bonds is 5. The maximum absolute atomic E-state index is 13.1. The summed E-state index contributed by atoms with van der Waals surface area (Å²) in [6, 6.07) is 4.93. The van der Waals surface area contributed by atoms with Crippen LogP contribution in [0.25, 0.3) is 0 Å². The minimum atomic E-state index is -0.233. The first-order valence-electron chi connectivity index (χ1n) is 6.97. The van der Waals surface area contributed by atoms with Crippen LogP contribution < -0.4 is 5.32 Å². The lowest BCUT2D eigenvalue weighted by Gasteiger charge is -2.21. The first-order valence-corrected chi connectivity index (χ1v) is 6.97. The Morgan fingerprint density at radius 1 is 1.55 bits per heavy atom. The molecule has 0 aromatic heterocycles. The summed E-state index contributed by atoms with van der Waals surface area (Å²) in [7, 11) is 0. The summed E-state index contributed by atoms with van der Waals surface area (Å²) in [6.07, 6.45) is 1.97. The minimum Gasteiger partial charge on any atom is -0.395 e. The van der Waals surface area contributed by atoms with E-state index in [0.29, 0.717) is 18.7 Å². The van der Waals surface area contributed by atoms with E-state index in [2.05, 4.69) is 5.32 Å². The van der Waals surface area contributed by atoms with Crippen molar-refractivity contribution in [3.63, 3.8) is 0 Å². The number of aliphatic hydroxyl groups excluding tert-OH is 1.